The molecule has 0 fully saturated rings. The zero-order valence-corrected chi connectivity index (χ0v) is 21.7. The molecule has 0 saturated carbocycles. The number of hydrogen-bond donors (Lipinski definition) is 4. The van der Waals surface area contributed by atoms with Crippen LogP contribution in [0.25, 0.3) is 27.9 Å². The number of H-pyrrole nitrogens is 1. The molecule has 0 atom stereocenters. The van der Waals surface area contributed by atoms with Gasteiger partial charge in [0.25, 0.3) is 5.91 Å². The number of aromatic amines is 1. The maximum Gasteiger partial charge on any atom is 0.274 e. The van der Waals surface area contributed by atoms with E-state index in [0.717, 1.165) is 44.4 Å². The van der Waals surface area contributed by atoms with Crippen molar-refractivity contribution in [1.29, 1.82) is 0 Å². The molecule has 5 aromatic rings. The Hall–Kier alpha value is -4.95. The predicted octanol–water partition coefficient (Wildman–Crippen LogP) is 6.03. The first-order valence-corrected chi connectivity index (χ1v) is 12.4. The normalized spacial score (nSPS) is 11.4. The van der Waals surface area contributed by atoms with Crippen LogP contribution in [0, 0.1) is 0 Å². The number of carbonyl (C=O) groups is 1. The van der Waals surface area contributed by atoms with Crippen molar-refractivity contribution in [2.24, 2.45) is 0 Å². The standard InChI is InChI=1S/C31H29N3O5/c1-37-27-15-14-23(17-29(27)38-2)32-18-21(16-20-10-12-22(13-11-20)31(35)34-36)19-39-28-9-5-7-25-24-6-3-4-8-26(24)33-30(25)28/h3-17,32-33,36H,18-19H2,1-2H3,(H,34,35)/b21-16+. The van der Waals surface area contributed by atoms with Gasteiger partial charge in [-0.2, -0.15) is 0 Å². The van der Waals surface area contributed by atoms with E-state index in [2.05, 4.69) is 28.5 Å². The molecule has 1 amide bonds. The van der Waals surface area contributed by atoms with E-state index in [-0.39, 0.29) is 0 Å². The van der Waals surface area contributed by atoms with E-state index in [0.29, 0.717) is 30.2 Å². The summed E-state index contributed by atoms with van der Waals surface area (Å²) >= 11 is 0. The Morgan fingerprint density at radius 1 is 0.872 bits per heavy atom. The van der Waals surface area contributed by atoms with Gasteiger partial charge in [0.15, 0.2) is 11.5 Å². The van der Waals surface area contributed by atoms with Crippen molar-refractivity contribution in [3.63, 3.8) is 0 Å². The summed E-state index contributed by atoms with van der Waals surface area (Å²) < 4.78 is 17.1. The number of benzene rings is 4. The fourth-order valence-corrected chi connectivity index (χ4v) is 4.47. The first-order chi connectivity index (χ1) is 19.1. The van der Waals surface area contributed by atoms with E-state index in [1.165, 1.54) is 0 Å². The molecular formula is C31H29N3O5. The number of aromatic nitrogens is 1. The SMILES string of the molecule is COc1ccc(NC/C(=C\c2ccc(C(=O)NO)cc2)COc2cccc3c2[nH]c2ccccc23)cc1OC. The van der Waals surface area contributed by atoms with Crippen LogP contribution < -0.4 is 25.0 Å². The van der Waals surface area contributed by atoms with Gasteiger partial charge in [-0.15, -0.1) is 0 Å². The summed E-state index contributed by atoms with van der Waals surface area (Å²) in [5.41, 5.74) is 6.75. The average Bonchev–Trinajstić information content (AvgIpc) is 3.37. The molecule has 1 aromatic heterocycles. The second-order valence-corrected chi connectivity index (χ2v) is 8.93. The van der Waals surface area contributed by atoms with Gasteiger partial charge in [0.2, 0.25) is 0 Å². The minimum absolute atomic E-state index is 0.327. The van der Waals surface area contributed by atoms with Crippen molar-refractivity contribution < 1.29 is 24.2 Å². The number of hydrogen-bond acceptors (Lipinski definition) is 6. The van der Waals surface area contributed by atoms with Crippen molar-refractivity contribution in [2.75, 3.05) is 32.7 Å². The highest BCUT2D eigenvalue weighted by atomic mass is 16.5. The minimum Gasteiger partial charge on any atom is -0.493 e. The molecule has 0 aliphatic rings. The molecule has 0 aliphatic carbocycles. The zero-order valence-electron chi connectivity index (χ0n) is 21.7. The monoisotopic (exact) mass is 523 g/mol. The number of carbonyl (C=O) groups excluding carboxylic acids is 1. The number of para-hydroxylation sites is 2. The van der Waals surface area contributed by atoms with Gasteiger partial charge >= 0.3 is 0 Å². The van der Waals surface area contributed by atoms with Gasteiger partial charge in [-0.3, -0.25) is 10.0 Å². The van der Waals surface area contributed by atoms with Crippen LogP contribution in [0.4, 0.5) is 5.69 Å². The third kappa shape index (κ3) is 5.66. The van der Waals surface area contributed by atoms with Crippen molar-refractivity contribution in [3.05, 3.63) is 102 Å². The lowest BCUT2D eigenvalue weighted by Gasteiger charge is -2.15. The quantitative estimate of drug-likeness (QED) is 0.132. The molecule has 0 unspecified atom stereocenters. The Labute approximate surface area is 225 Å². The summed E-state index contributed by atoms with van der Waals surface area (Å²) in [6.45, 7) is 0.824. The van der Waals surface area contributed by atoms with Crippen LogP contribution in [0.15, 0.2) is 90.5 Å². The highest BCUT2D eigenvalue weighted by Gasteiger charge is 2.11. The van der Waals surface area contributed by atoms with E-state index >= 15 is 0 Å². The summed E-state index contributed by atoms with van der Waals surface area (Å²) in [6, 6.07) is 26.8. The molecule has 0 saturated heterocycles. The Morgan fingerprint density at radius 2 is 1.64 bits per heavy atom. The topological polar surface area (TPSA) is 105 Å². The summed E-state index contributed by atoms with van der Waals surface area (Å²) in [5, 5.41) is 14.6. The molecule has 0 spiro atoms. The zero-order chi connectivity index (χ0) is 27.2. The first kappa shape index (κ1) is 25.7. The lowest BCUT2D eigenvalue weighted by atomic mass is 10.1. The molecule has 8 heteroatoms. The maximum absolute atomic E-state index is 11.7. The number of anilines is 1. The summed E-state index contributed by atoms with van der Waals surface area (Å²) in [4.78, 5) is 15.2. The Morgan fingerprint density at radius 3 is 2.41 bits per heavy atom. The third-order valence-corrected chi connectivity index (χ3v) is 6.46. The lowest BCUT2D eigenvalue weighted by molar-refractivity contribution is 0.0706. The fraction of sp³-hybridized carbons (Fsp3) is 0.129. The fourth-order valence-electron chi connectivity index (χ4n) is 4.47. The van der Waals surface area contributed by atoms with Gasteiger partial charge in [-0.1, -0.05) is 48.5 Å². The van der Waals surface area contributed by atoms with E-state index in [1.807, 2.05) is 60.7 Å². The second-order valence-electron chi connectivity index (χ2n) is 8.93. The number of rotatable bonds is 10. The Kier molecular flexibility index (Phi) is 7.65. The van der Waals surface area contributed by atoms with Crippen molar-refractivity contribution in [3.8, 4) is 17.2 Å². The van der Waals surface area contributed by atoms with Crippen LogP contribution in [0.2, 0.25) is 0 Å². The molecule has 8 nitrogen and oxygen atoms in total. The van der Waals surface area contributed by atoms with Crippen molar-refractivity contribution in [2.45, 2.75) is 0 Å². The maximum atomic E-state index is 11.7. The Bertz CT molecular complexity index is 1640. The van der Waals surface area contributed by atoms with Gasteiger partial charge in [0.1, 0.15) is 12.4 Å². The number of ether oxygens (including phenoxy) is 3. The molecule has 0 aliphatic heterocycles. The van der Waals surface area contributed by atoms with Crippen LogP contribution in [-0.4, -0.2) is 43.5 Å². The van der Waals surface area contributed by atoms with Crippen LogP contribution in [0.1, 0.15) is 15.9 Å². The molecule has 5 rings (SSSR count). The number of hydroxylamine groups is 1. The largest absolute Gasteiger partial charge is 0.493 e. The highest BCUT2D eigenvalue weighted by Crippen LogP contribution is 2.32. The number of amides is 1. The van der Waals surface area contributed by atoms with Gasteiger partial charge in [0.05, 0.1) is 19.7 Å². The molecule has 0 bridgehead atoms. The molecule has 198 valence electrons. The van der Waals surface area contributed by atoms with Gasteiger partial charge in [0, 0.05) is 40.2 Å². The van der Waals surface area contributed by atoms with E-state index in [4.69, 9.17) is 19.4 Å². The number of methoxy groups -OCH3 is 2. The first-order valence-electron chi connectivity index (χ1n) is 12.4. The van der Waals surface area contributed by atoms with Crippen molar-refractivity contribution >= 4 is 39.5 Å². The highest BCUT2D eigenvalue weighted by molar-refractivity contribution is 6.09. The summed E-state index contributed by atoms with van der Waals surface area (Å²) in [5.74, 6) is 1.49. The van der Waals surface area contributed by atoms with Crippen LogP contribution in [-0.2, 0) is 0 Å². The molecular weight excluding hydrogens is 494 g/mol. The van der Waals surface area contributed by atoms with E-state index in [9.17, 15) is 4.79 Å². The van der Waals surface area contributed by atoms with E-state index < -0.39 is 5.91 Å². The van der Waals surface area contributed by atoms with Crippen LogP contribution in [0.3, 0.4) is 0 Å². The van der Waals surface area contributed by atoms with Crippen molar-refractivity contribution in [1.82, 2.24) is 10.5 Å². The summed E-state index contributed by atoms with van der Waals surface area (Å²) in [7, 11) is 3.21. The van der Waals surface area contributed by atoms with Gasteiger partial charge in [-0.25, -0.2) is 5.48 Å². The van der Waals surface area contributed by atoms with Crippen LogP contribution in [0.5, 0.6) is 17.2 Å². The second kappa shape index (κ2) is 11.6. The molecule has 39 heavy (non-hydrogen) atoms. The molecule has 4 N–H and O–H groups in total. The van der Waals surface area contributed by atoms with Crippen LogP contribution >= 0.6 is 0 Å². The smallest absolute Gasteiger partial charge is 0.274 e. The minimum atomic E-state index is -0.560. The molecule has 0 radical (unpaired) electrons. The van der Waals surface area contributed by atoms with Gasteiger partial charge < -0.3 is 24.5 Å². The Balaban J connectivity index is 1.41. The number of nitrogens with one attached hydrogen (secondary N) is 3. The third-order valence-electron chi connectivity index (χ3n) is 6.46. The average molecular weight is 524 g/mol. The molecule has 4 aromatic carbocycles. The predicted molar refractivity (Wildman–Crippen MR) is 153 cm³/mol. The van der Waals surface area contributed by atoms with Gasteiger partial charge in [-0.05, 0) is 47.5 Å². The molecule has 1 heterocycles. The lowest BCUT2D eigenvalue weighted by Crippen LogP contribution is -2.18. The summed E-state index contributed by atoms with van der Waals surface area (Å²) in [6.07, 6.45) is 2.01. The number of fused-ring (bicyclic) bond motifs is 3. The van der Waals surface area contributed by atoms with E-state index in [1.54, 1.807) is 31.8 Å².